The predicted molar refractivity (Wildman–Crippen MR) is 246 cm³/mol. The zero-order valence-electron chi connectivity index (χ0n) is 37.2. The van der Waals surface area contributed by atoms with Crippen molar-refractivity contribution in [2.75, 3.05) is 6.54 Å². The van der Waals surface area contributed by atoms with Crippen molar-refractivity contribution >= 4 is 0 Å². The molecule has 0 saturated heterocycles. The number of hydrogen-bond acceptors (Lipinski definition) is 1. The summed E-state index contributed by atoms with van der Waals surface area (Å²) in [5.74, 6) is 0. The maximum Gasteiger partial charge on any atom is 0.0208 e. The van der Waals surface area contributed by atoms with Crippen molar-refractivity contribution in [3.05, 3.63) is 140 Å². The third-order valence-corrected chi connectivity index (χ3v) is 10.4. The standard InChI is InChI=1S/C53H83N/c1-43(2)20-12-21-44(3)22-13-23-45(4)24-14-25-46(5)26-15-27-47(6)28-16-29-48(7)30-17-31-49(8)32-18-33-50(9)34-19-35-51(10)40-41-54-42-53-38-36-52(11)37-39-53/h20,22,24,26,28,30,32,34,36-40,54H,12-19,21,23,25,27,29,31,33,35,41-42H2,1-11H3/b44-22+,45-24+,46-26+,47-28+,48-30+,49-32+,50-34+,51-40+. The maximum absolute atomic E-state index is 3.54. The van der Waals surface area contributed by atoms with Crippen molar-refractivity contribution in [2.24, 2.45) is 0 Å². The first-order valence-electron chi connectivity index (χ1n) is 21.5. The minimum atomic E-state index is 0.928. The molecule has 1 N–H and O–H groups in total. The Labute approximate surface area is 336 Å². The molecule has 300 valence electrons. The summed E-state index contributed by atoms with van der Waals surface area (Å²) >= 11 is 0. The summed E-state index contributed by atoms with van der Waals surface area (Å²) < 4.78 is 0. The van der Waals surface area contributed by atoms with Gasteiger partial charge in [0.1, 0.15) is 0 Å². The summed E-state index contributed by atoms with van der Waals surface area (Å²) in [6, 6.07) is 8.79. The van der Waals surface area contributed by atoms with Crippen LogP contribution in [0, 0.1) is 6.92 Å². The Morgan fingerprint density at radius 3 is 0.907 bits per heavy atom. The van der Waals surface area contributed by atoms with Gasteiger partial charge in [0.05, 0.1) is 0 Å². The molecule has 0 spiro atoms. The van der Waals surface area contributed by atoms with Crippen LogP contribution in [0.3, 0.4) is 0 Å². The lowest BCUT2D eigenvalue weighted by Gasteiger charge is -2.05. The maximum atomic E-state index is 3.54. The minimum Gasteiger partial charge on any atom is -0.309 e. The highest BCUT2D eigenvalue weighted by Crippen LogP contribution is 2.17. The van der Waals surface area contributed by atoms with Crippen molar-refractivity contribution in [1.29, 1.82) is 0 Å². The SMILES string of the molecule is CC(C)=CCC/C(C)=C/CC/C(C)=C/CC/C(C)=C/CC/C(C)=C/CC/C(C)=C/CC/C(C)=C/CC/C(C)=C/CC/C(C)=C/CNCc1ccc(C)cc1. The van der Waals surface area contributed by atoms with Gasteiger partial charge >= 0.3 is 0 Å². The van der Waals surface area contributed by atoms with E-state index in [4.69, 9.17) is 0 Å². The van der Waals surface area contributed by atoms with Gasteiger partial charge in [0, 0.05) is 13.1 Å². The highest BCUT2D eigenvalue weighted by atomic mass is 14.8. The molecule has 1 aromatic carbocycles. The molecule has 0 heterocycles. The summed E-state index contributed by atoms with van der Waals surface area (Å²) in [6.07, 6.45) is 40.5. The number of benzene rings is 1. The van der Waals surface area contributed by atoms with Gasteiger partial charge in [0.25, 0.3) is 0 Å². The van der Waals surface area contributed by atoms with Gasteiger partial charge in [-0.15, -0.1) is 0 Å². The van der Waals surface area contributed by atoms with Crippen molar-refractivity contribution in [3.8, 4) is 0 Å². The van der Waals surface area contributed by atoms with Gasteiger partial charge in [0.15, 0.2) is 0 Å². The van der Waals surface area contributed by atoms with E-state index in [0.29, 0.717) is 0 Å². The van der Waals surface area contributed by atoms with Gasteiger partial charge in [-0.1, -0.05) is 135 Å². The van der Waals surface area contributed by atoms with Gasteiger partial charge in [-0.2, -0.15) is 0 Å². The Hall–Kier alpha value is -3.16. The van der Waals surface area contributed by atoms with Crippen LogP contribution in [-0.4, -0.2) is 6.54 Å². The van der Waals surface area contributed by atoms with E-state index < -0.39 is 0 Å². The third-order valence-electron chi connectivity index (χ3n) is 10.4. The number of rotatable bonds is 28. The second-order valence-corrected chi connectivity index (χ2v) is 16.6. The topological polar surface area (TPSA) is 12.0 Å². The quantitative estimate of drug-likeness (QED) is 0.0668. The van der Waals surface area contributed by atoms with Crippen LogP contribution in [0.2, 0.25) is 0 Å². The van der Waals surface area contributed by atoms with Gasteiger partial charge in [-0.25, -0.2) is 0 Å². The lowest BCUT2D eigenvalue weighted by atomic mass is 10.0. The normalized spacial score (nSPS) is 14.3. The lowest BCUT2D eigenvalue weighted by molar-refractivity contribution is 0.753. The number of nitrogens with one attached hydrogen (secondary N) is 1. The molecule has 0 unspecified atom stereocenters. The molecule has 1 rings (SSSR count). The van der Waals surface area contributed by atoms with E-state index in [1.165, 1.54) is 119 Å². The summed E-state index contributed by atoms with van der Waals surface area (Å²) in [4.78, 5) is 0. The molecule has 0 amide bonds. The van der Waals surface area contributed by atoms with Crippen LogP contribution < -0.4 is 5.32 Å². The first-order chi connectivity index (χ1) is 25.8. The van der Waals surface area contributed by atoms with Crippen molar-refractivity contribution in [1.82, 2.24) is 5.32 Å². The molecule has 0 bridgehead atoms. The average Bonchev–Trinajstić information content (AvgIpc) is 3.10. The highest BCUT2D eigenvalue weighted by molar-refractivity contribution is 5.21. The number of hydrogen-bond donors (Lipinski definition) is 1. The molecule has 0 saturated carbocycles. The van der Waals surface area contributed by atoms with E-state index in [2.05, 4.69) is 160 Å². The van der Waals surface area contributed by atoms with Crippen LogP contribution in [0.1, 0.15) is 183 Å². The van der Waals surface area contributed by atoms with Gasteiger partial charge in [0.2, 0.25) is 0 Å². The first kappa shape index (κ1) is 48.9. The van der Waals surface area contributed by atoms with Crippen molar-refractivity contribution in [3.63, 3.8) is 0 Å². The molecule has 0 fully saturated rings. The molecular weight excluding hydrogens is 651 g/mol. The van der Waals surface area contributed by atoms with E-state index in [0.717, 1.165) is 58.0 Å². The largest absolute Gasteiger partial charge is 0.309 e. The fourth-order valence-electron chi connectivity index (χ4n) is 6.40. The molecule has 0 aromatic heterocycles. The molecular formula is C53H83N. The Balaban J connectivity index is 2.20. The second-order valence-electron chi connectivity index (χ2n) is 16.6. The molecule has 0 radical (unpaired) electrons. The van der Waals surface area contributed by atoms with Crippen molar-refractivity contribution in [2.45, 2.75) is 185 Å². The molecule has 1 heteroatoms. The van der Waals surface area contributed by atoms with Gasteiger partial charge in [-0.05, 0) is 184 Å². The van der Waals surface area contributed by atoms with Gasteiger partial charge in [-0.3, -0.25) is 0 Å². The van der Waals surface area contributed by atoms with E-state index in [-0.39, 0.29) is 0 Å². The Bertz CT molecular complexity index is 1450. The van der Waals surface area contributed by atoms with E-state index >= 15 is 0 Å². The molecule has 1 aromatic rings. The minimum absolute atomic E-state index is 0.928. The van der Waals surface area contributed by atoms with Crippen LogP contribution in [-0.2, 0) is 6.54 Å². The average molecular weight is 734 g/mol. The Kier molecular flexibility index (Phi) is 28.1. The number of aryl methyl sites for hydroxylation is 1. The molecule has 0 atom stereocenters. The van der Waals surface area contributed by atoms with E-state index in [9.17, 15) is 0 Å². The third kappa shape index (κ3) is 29.2. The Morgan fingerprint density at radius 2 is 0.630 bits per heavy atom. The first-order valence-corrected chi connectivity index (χ1v) is 21.5. The summed E-state index contributed by atoms with van der Waals surface area (Å²) in [7, 11) is 0. The summed E-state index contributed by atoms with van der Waals surface area (Å²) in [5, 5.41) is 3.54. The predicted octanol–water partition coefficient (Wildman–Crippen LogP) is 16.9. The zero-order valence-corrected chi connectivity index (χ0v) is 37.2. The van der Waals surface area contributed by atoms with Crippen LogP contribution in [0.5, 0.6) is 0 Å². The van der Waals surface area contributed by atoms with Crippen LogP contribution in [0.4, 0.5) is 0 Å². The van der Waals surface area contributed by atoms with Crippen LogP contribution in [0.15, 0.2) is 129 Å². The van der Waals surface area contributed by atoms with Crippen molar-refractivity contribution < 1.29 is 0 Å². The van der Waals surface area contributed by atoms with E-state index in [1.807, 2.05) is 0 Å². The molecule has 54 heavy (non-hydrogen) atoms. The second kappa shape index (κ2) is 31.1. The molecule has 1 nitrogen and oxygen atoms in total. The van der Waals surface area contributed by atoms with Crippen LogP contribution >= 0.6 is 0 Å². The molecule has 0 aliphatic rings. The molecule has 0 aliphatic heterocycles. The lowest BCUT2D eigenvalue weighted by Crippen LogP contribution is -2.13. The molecule has 0 aliphatic carbocycles. The highest BCUT2D eigenvalue weighted by Gasteiger charge is 1.98. The Morgan fingerprint density at radius 1 is 0.370 bits per heavy atom. The van der Waals surface area contributed by atoms with E-state index in [1.54, 1.807) is 0 Å². The smallest absolute Gasteiger partial charge is 0.0208 e. The monoisotopic (exact) mass is 734 g/mol. The fraction of sp³-hybridized carbons (Fsp3) is 0.547. The summed E-state index contributed by atoms with van der Waals surface area (Å²) in [5.41, 5.74) is 16.3. The number of allylic oxidation sites excluding steroid dienone is 17. The summed E-state index contributed by atoms with van der Waals surface area (Å²) in [6.45, 7) is 26.7. The fourth-order valence-corrected chi connectivity index (χ4v) is 6.40. The van der Waals surface area contributed by atoms with Crippen LogP contribution in [0.25, 0.3) is 0 Å². The zero-order chi connectivity index (χ0) is 40.0. The van der Waals surface area contributed by atoms with Gasteiger partial charge < -0.3 is 5.32 Å².